The van der Waals surface area contributed by atoms with Gasteiger partial charge in [-0.15, -0.1) is 0 Å². The predicted octanol–water partition coefficient (Wildman–Crippen LogP) is 2.05. The monoisotopic (exact) mass is 294 g/mol. The number of nitrogens with one attached hydrogen (secondary N) is 1. The van der Waals surface area contributed by atoms with Gasteiger partial charge in [0, 0.05) is 31.4 Å². The molecule has 2 rings (SSSR count). The fourth-order valence-electron chi connectivity index (χ4n) is 3.18. The van der Waals surface area contributed by atoms with Crippen LogP contribution in [0.25, 0.3) is 0 Å². The first kappa shape index (κ1) is 16.5. The first-order valence-corrected chi connectivity index (χ1v) is 8.19. The number of morpholine rings is 1. The van der Waals surface area contributed by atoms with Gasteiger partial charge in [0.1, 0.15) is 0 Å². The molecule has 0 saturated carbocycles. The molecule has 1 atom stereocenters. The summed E-state index contributed by atoms with van der Waals surface area (Å²) in [7, 11) is 0. The Bertz CT molecular complexity index is 424. The molecule has 120 valence electrons. The molecule has 0 amide bonds. The third-order valence-electron chi connectivity index (χ3n) is 4.48. The number of ether oxygens (including phenoxy) is 1. The van der Waals surface area contributed by atoms with Crippen molar-refractivity contribution in [2.24, 2.45) is 0 Å². The Labute approximate surface area is 128 Å². The third kappa shape index (κ3) is 3.65. The smallest absolute Gasteiger partial charge is 0.0673 e. The van der Waals surface area contributed by atoms with Crippen LogP contribution in [0.15, 0.2) is 12.3 Å². The van der Waals surface area contributed by atoms with E-state index in [0.717, 1.165) is 45.8 Å². The van der Waals surface area contributed by atoms with Gasteiger partial charge in [0.25, 0.3) is 0 Å². The summed E-state index contributed by atoms with van der Waals surface area (Å²) in [5.74, 6) is 0. The Morgan fingerprint density at radius 3 is 2.67 bits per heavy atom. The highest BCUT2D eigenvalue weighted by Gasteiger charge is 2.38. The lowest BCUT2D eigenvalue weighted by molar-refractivity contribution is -0.0248. The van der Waals surface area contributed by atoms with Gasteiger partial charge in [0.2, 0.25) is 0 Å². The van der Waals surface area contributed by atoms with E-state index in [-0.39, 0.29) is 11.6 Å². The minimum atomic E-state index is 0.0336. The van der Waals surface area contributed by atoms with Crippen molar-refractivity contribution < 1.29 is 4.74 Å². The normalized spacial score (nSPS) is 18.9. The molecule has 5 heteroatoms. The van der Waals surface area contributed by atoms with Crippen molar-refractivity contribution in [3.8, 4) is 0 Å². The molecule has 21 heavy (non-hydrogen) atoms. The molecule has 0 spiro atoms. The van der Waals surface area contributed by atoms with Crippen molar-refractivity contribution in [1.29, 1.82) is 0 Å². The second-order valence-corrected chi connectivity index (χ2v) is 6.21. The molecule has 1 aromatic heterocycles. The zero-order chi connectivity index (χ0) is 15.3. The lowest BCUT2D eigenvalue weighted by Crippen LogP contribution is -2.56. The molecule has 1 saturated heterocycles. The summed E-state index contributed by atoms with van der Waals surface area (Å²) < 4.78 is 7.62. The van der Waals surface area contributed by atoms with Gasteiger partial charge in [-0.1, -0.05) is 6.92 Å². The minimum Gasteiger partial charge on any atom is -0.379 e. The average molecular weight is 294 g/mol. The molecule has 1 N–H and O–H groups in total. The number of aryl methyl sites for hydroxylation is 1. The molecule has 1 unspecified atom stereocenters. The molecule has 0 aliphatic carbocycles. The maximum Gasteiger partial charge on any atom is 0.0673 e. The summed E-state index contributed by atoms with van der Waals surface area (Å²) in [4.78, 5) is 2.54. The van der Waals surface area contributed by atoms with Crippen molar-refractivity contribution in [2.75, 3.05) is 32.8 Å². The lowest BCUT2D eigenvalue weighted by atomic mass is 9.89. The lowest BCUT2D eigenvalue weighted by Gasteiger charge is -2.46. The van der Waals surface area contributed by atoms with E-state index < -0.39 is 0 Å². The molecular formula is C16H30N4O. The Morgan fingerprint density at radius 2 is 2.05 bits per heavy atom. The van der Waals surface area contributed by atoms with Crippen LogP contribution in [0.2, 0.25) is 0 Å². The van der Waals surface area contributed by atoms with Crippen LogP contribution < -0.4 is 5.32 Å². The highest BCUT2D eigenvalue weighted by molar-refractivity contribution is 5.14. The first-order valence-electron chi connectivity index (χ1n) is 8.19. The van der Waals surface area contributed by atoms with Gasteiger partial charge in [-0.2, -0.15) is 5.10 Å². The molecule has 1 aliphatic heterocycles. The van der Waals surface area contributed by atoms with E-state index in [9.17, 15) is 0 Å². The van der Waals surface area contributed by atoms with E-state index >= 15 is 0 Å². The van der Waals surface area contributed by atoms with Gasteiger partial charge in [-0.3, -0.25) is 9.58 Å². The van der Waals surface area contributed by atoms with Crippen molar-refractivity contribution >= 4 is 0 Å². The summed E-state index contributed by atoms with van der Waals surface area (Å²) in [6, 6.07) is 2.43. The van der Waals surface area contributed by atoms with E-state index in [1.807, 2.05) is 6.20 Å². The minimum absolute atomic E-state index is 0.0336. The highest BCUT2D eigenvalue weighted by atomic mass is 16.5. The molecule has 1 aromatic rings. The molecule has 0 bridgehead atoms. The van der Waals surface area contributed by atoms with Crippen molar-refractivity contribution in [2.45, 2.75) is 52.2 Å². The Balaban J connectivity index is 2.25. The van der Waals surface area contributed by atoms with Crippen molar-refractivity contribution in [1.82, 2.24) is 20.0 Å². The topological polar surface area (TPSA) is 42.3 Å². The number of aromatic nitrogens is 2. The maximum atomic E-state index is 5.51. The molecule has 1 aliphatic rings. The molecule has 1 fully saturated rings. The zero-order valence-corrected chi connectivity index (χ0v) is 13.9. The van der Waals surface area contributed by atoms with Crippen molar-refractivity contribution in [3.05, 3.63) is 18.0 Å². The fraction of sp³-hybridized carbons (Fsp3) is 0.812. The molecular weight excluding hydrogens is 264 g/mol. The van der Waals surface area contributed by atoms with E-state index in [2.05, 4.69) is 53.8 Å². The Kier molecular flexibility index (Phi) is 5.79. The second-order valence-electron chi connectivity index (χ2n) is 6.21. The van der Waals surface area contributed by atoms with Gasteiger partial charge in [-0.25, -0.2) is 0 Å². The van der Waals surface area contributed by atoms with Crippen LogP contribution in [0.3, 0.4) is 0 Å². The molecule has 5 nitrogen and oxygen atoms in total. The van der Waals surface area contributed by atoms with E-state index in [1.54, 1.807) is 0 Å². The largest absolute Gasteiger partial charge is 0.379 e. The summed E-state index contributed by atoms with van der Waals surface area (Å²) in [5.41, 5.74) is 1.31. The van der Waals surface area contributed by atoms with Crippen LogP contribution in [0.4, 0.5) is 0 Å². The second kappa shape index (κ2) is 7.38. The van der Waals surface area contributed by atoms with Crippen LogP contribution in [0, 0.1) is 0 Å². The predicted molar refractivity (Wildman–Crippen MR) is 85.4 cm³/mol. The third-order valence-corrected chi connectivity index (χ3v) is 4.48. The molecule has 0 radical (unpaired) electrons. The van der Waals surface area contributed by atoms with Crippen LogP contribution in [0.5, 0.6) is 0 Å². The van der Waals surface area contributed by atoms with Gasteiger partial charge < -0.3 is 10.1 Å². The molecule has 0 aromatic carbocycles. The number of hydrogen-bond donors (Lipinski definition) is 1. The first-order chi connectivity index (χ1) is 10.1. The quantitative estimate of drug-likeness (QED) is 0.836. The SMILES string of the molecule is CCCNC(c1ccnn1CC)C(C)(C)N1CCOCC1. The van der Waals surface area contributed by atoms with Crippen LogP contribution in [-0.4, -0.2) is 53.1 Å². The summed E-state index contributed by atoms with van der Waals surface area (Å²) in [6.07, 6.45) is 3.05. The van der Waals surface area contributed by atoms with Crippen molar-refractivity contribution in [3.63, 3.8) is 0 Å². The Morgan fingerprint density at radius 1 is 1.33 bits per heavy atom. The van der Waals surface area contributed by atoms with Crippen LogP contribution in [0.1, 0.15) is 45.9 Å². The van der Waals surface area contributed by atoms with Gasteiger partial charge >= 0.3 is 0 Å². The zero-order valence-electron chi connectivity index (χ0n) is 13.9. The number of nitrogens with zero attached hydrogens (tertiary/aromatic N) is 3. The number of rotatable bonds is 7. The standard InChI is InChI=1S/C16H30N4O/c1-5-8-17-15(14-7-9-18-20(14)6-2)16(3,4)19-10-12-21-13-11-19/h7,9,15,17H,5-6,8,10-13H2,1-4H3. The van der Waals surface area contributed by atoms with Crippen LogP contribution in [-0.2, 0) is 11.3 Å². The Hall–Kier alpha value is -0.910. The van der Waals surface area contributed by atoms with Gasteiger partial charge in [-0.05, 0) is 39.8 Å². The van der Waals surface area contributed by atoms with E-state index in [4.69, 9.17) is 4.74 Å². The average Bonchev–Trinajstić information content (AvgIpc) is 2.96. The summed E-state index contributed by atoms with van der Waals surface area (Å²) in [5, 5.41) is 8.20. The van der Waals surface area contributed by atoms with Gasteiger partial charge in [0.15, 0.2) is 0 Å². The number of hydrogen-bond acceptors (Lipinski definition) is 4. The van der Waals surface area contributed by atoms with Gasteiger partial charge in [0.05, 0.1) is 24.9 Å². The maximum absolute atomic E-state index is 5.51. The summed E-state index contributed by atoms with van der Waals surface area (Å²) >= 11 is 0. The fourth-order valence-corrected chi connectivity index (χ4v) is 3.18. The van der Waals surface area contributed by atoms with Crippen LogP contribution >= 0.6 is 0 Å². The highest BCUT2D eigenvalue weighted by Crippen LogP contribution is 2.31. The molecule has 2 heterocycles. The van der Waals surface area contributed by atoms with E-state index in [1.165, 1.54) is 5.69 Å². The summed E-state index contributed by atoms with van der Waals surface area (Å²) in [6.45, 7) is 14.6. The van der Waals surface area contributed by atoms with E-state index in [0.29, 0.717) is 0 Å².